The van der Waals surface area contributed by atoms with E-state index in [2.05, 4.69) is 15.4 Å². The van der Waals surface area contributed by atoms with Crippen LogP contribution in [0.3, 0.4) is 0 Å². The lowest BCUT2D eigenvalue weighted by Crippen LogP contribution is -2.20. The Labute approximate surface area is 192 Å². The third-order valence-electron chi connectivity index (χ3n) is 4.99. The first-order chi connectivity index (χ1) is 15.9. The number of aryl methyl sites for hydroxylation is 2. The zero-order valence-electron chi connectivity index (χ0n) is 19.4. The van der Waals surface area contributed by atoms with Crippen LogP contribution in [-0.2, 0) is 17.8 Å². The number of anilines is 1. The molecular weight excluding hydrogens is 424 g/mol. The number of nitrogens with zero attached hydrogens (tertiary/aromatic N) is 4. The normalized spacial score (nSPS) is 11.4. The molecule has 2 amide bonds. The minimum Gasteiger partial charge on any atom is -0.489 e. The maximum absolute atomic E-state index is 13.1. The Morgan fingerprint density at radius 2 is 1.97 bits per heavy atom. The molecule has 0 atom stereocenters. The first kappa shape index (κ1) is 24.0. The highest BCUT2D eigenvalue weighted by molar-refractivity contribution is 6.04. The standard InChI is InChI=1S/C23H30N6O4/c1-5-7-8-9-28-20-17(13-16(21(24)30)14-19(20)33-11-10-32-4)25-23(28)26-22(31)18-12-15(3)27-29(18)6-2/h7-8,12-14H,5-6,9-11H2,1-4H3,(H2,24,30)(H,25,26,31)/b8-7+. The third kappa shape index (κ3) is 5.40. The molecule has 0 bridgehead atoms. The maximum atomic E-state index is 13.1. The molecule has 3 N–H and O–H groups in total. The molecule has 0 saturated heterocycles. The molecular formula is C23H30N6O4. The Balaban J connectivity index is 2.11. The van der Waals surface area contributed by atoms with E-state index in [1.807, 2.05) is 37.5 Å². The van der Waals surface area contributed by atoms with Crippen LogP contribution < -0.4 is 15.8 Å². The van der Waals surface area contributed by atoms with Gasteiger partial charge >= 0.3 is 0 Å². The van der Waals surface area contributed by atoms with Gasteiger partial charge in [0.15, 0.2) is 0 Å². The van der Waals surface area contributed by atoms with Crippen molar-refractivity contribution in [2.24, 2.45) is 5.73 Å². The predicted octanol–water partition coefficient (Wildman–Crippen LogP) is 2.90. The topological polar surface area (TPSA) is 126 Å². The van der Waals surface area contributed by atoms with Crippen molar-refractivity contribution in [3.63, 3.8) is 0 Å². The minimum absolute atomic E-state index is 0.265. The van der Waals surface area contributed by atoms with Gasteiger partial charge in [-0.3, -0.25) is 19.6 Å². The molecule has 0 fully saturated rings. The van der Waals surface area contributed by atoms with Crippen LogP contribution in [0.15, 0.2) is 30.4 Å². The molecule has 10 nitrogen and oxygen atoms in total. The SMILES string of the molecule is CC/C=C/Cn1c(NC(=O)c2cc(C)nn2CC)nc2cc(C(N)=O)cc(OCCOC)c21. The molecule has 0 aliphatic carbocycles. The maximum Gasteiger partial charge on any atom is 0.276 e. The molecule has 3 aromatic rings. The number of carbonyl (C=O) groups excluding carboxylic acids is 2. The highest BCUT2D eigenvalue weighted by Gasteiger charge is 2.21. The molecule has 0 saturated carbocycles. The van der Waals surface area contributed by atoms with E-state index in [1.165, 1.54) is 0 Å². The van der Waals surface area contributed by atoms with Gasteiger partial charge < -0.3 is 19.8 Å². The predicted molar refractivity (Wildman–Crippen MR) is 126 cm³/mol. The number of rotatable bonds is 11. The summed E-state index contributed by atoms with van der Waals surface area (Å²) in [6.45, 7) is 7.45. The summed E-state index contributed by atoms with van der Waals surface area (Å²) < 4.78 is 14.5. The molecule has 0 aliphatic rings. The quantitative estimate of drug-likeness (QED) is 0.339. The Hall–Kier alpha value is -3.66. The largest absolute Gasteiger partial charge is 0.489 e. The number of nitrogens with one attached hydrogen (secondary N) is 1. The van der Waals surface area contributed by atoms with Gasteiger partial charge in [-0.15, -0.1) is 0 Å². The molecule has 0 spiro atoms. The Morgan fingerprint density at radius 3 is 2.64 bits per heavy atom. The second kappa shape index (κ2) is 10.8. The van der Waals surface area contributed by atoms with E-state index in [4.69, 9.17) is 15.2 Å². The van der Waals surface area contributed by atoms with Crippen LogP contribution >= 0.6 is 0 Å². The average molecular weight is 455 g/mol. The lowest BCUT2D eigenvalue weighted by molar-refractivity contribution is 0.0995. The van der Waals surface area contributed by atoms with Crippen molar-refractivity contribution in [1.29, 1.82) is 0 Å². The van der Waals surface area contributed by atoms with E-state index >= 15 is 0 Å². The second-order valence-electron chi connectivity index (χ2n) is 7.41. The van der Waals surface area contributed by atoms with E-state index in [-0.39, 0.29) is 18.1 Å². The fourth-order valence-electron chi connectivity index (χ4n) is 3.47. The molecule has 0 aliphatic heterocycles. The van der Waals surface area contributed by atoms with Gasteiger partial charge in [-0.2, -0.15) is 5.10 Å². The number of allylic oxidation sites excluding steroid dienone is 2. The van der Waals surface area contributed by atoms with E-state index < -0.39 is 5.91 Å². The number of fused-ring (bicyclic) bond motifs is 1. The zero-order chi connectivity index (χ0) is 24.0. The molecule has 33 heavy (non-hydrogen) atoms. The molecule has 2 aromatic heterocycles. The fourth-order valence-corrected chi connectivity index (χ4v) is 3.47. The highest BCUT2D eigenvalue weighted by Crippen LogP contribution is 2.31. The smallest absolute Gasteiger partial charge is 0.276 e. The number of benzene rings is 1. The summed E-state index contributed by atoms with van der Waals surface area (Å²) in [4.78, 5) is 29.6. The summed E-state index contributed by atoms with van der Waals surface area (Å²) in [5.74, 6) is -0.159. The van der Waals surface area contributed by atoms with Gasteiger partial charge in [0.2, 0.25) is 11.9 Å². The number of primary amides is 1. The zero-order valence-corrected chi connectivity index (χ0v) is 19.4. The Bertz CT molecular complexity index is 1180. The lowest BCUT2D eigenvalue weighted by atomic mass is 10.1. The van der Waals surface area contributed by atoms with E-state index in [1.54, 1.807) is 30.0 Å². The first-order valence-corrected chi connectivity index (χ1v) is 10.9. The molecule has 176 valence electrons. The van der Waals surface area contributed by atoms with Crippen LogP contribution in [0.2, 0.25) is 0 Å². The van der Waals surface area contributed by atoms with Crippen molar-refractivity contribution >= 4 is 28.8 Å². The number of hydrogen-bond acceptors (Lipinski definition) is 6. The van der Waals surface area contributed by atoms with Crippen LogP contribution in [0, 0.1) is 6.92 Å². The number of carbonyl (C=O) groups is 2. The van der Waals surface area contributed by atoms with E-state index in [0.717, 1.165) is 12.1 Å². The number of aromatic nitrogens is 4. The highest BCUT2D eigenvalue weighted by atomic mass is 16.5. The van der Waals surface area contributed by atoms with Crippen LogP contribution in [0.5, 0.6) is 5.75 Å². The van der Waals surface area contributed by atoms with Gasteiger partial charge in [0, 0.05) is 25.8 Å². The number of hydrogen-bond donors (Lipinski definition) is 2. The summed E-state index contributed by atoms with van der Waals surface area (Å²) in [6.07, 6.45) is 4.88. The van der Waals surface area contributed by atoms with Gasteiger partial charge in [0.05, 0.1) is 17.8 Å². The average Bonchev–Trinajstić information content (AvgIpc) is 3.33. The van der Waals surface area contributed by atoms with Gasteiger partial charge in [-0.05, 0) is 38.5 Å². The number of nitrogens with two attached hydrogens (primary N) is 1. The molecule has 2 heterocycles. The number of ether oxygens (including phenoxy) is 2. The van der Waals surface area contributed by atoms with Gasteiger partial charge in [0.1, 0.15) is 23.6 Å². The molecule has 10 heteroatoms. The van der Waals surface area contributed by atoms with E-state index in [0.29, 0.717) is 48.1 Å². The summed E-state index contributed by atoms with van der Waals surface area (Å²) in [7, 11) is 1.58. The van der Waals surface area contributed by atoms with Crippen molar-refractivity contribution in [3.8, 4) is 5.75 Å². The van der Waals surface area contributed by atoms with Crippen molar-refractivity contribution in [2.75, 3.05) is 25.6 Å². The lowest BCUT2D eigenvalue weighted by Gasteiger charge is -2.12. The summed E-state index contributed by atoms with van der Waals surface area (Å²) >= 11 is 0. The summed E-state index contributed by atoms with van der Waals surface area (Å²) in [5, 5.41) is 7.24. The van der Waals surface area contributed by atoms with Crippen molar-refractivity contribution < 1.29 is 19.1 Å². The van der Waals surface area contributed by atoms with Crippen LogP contribution in [0.25, 0.3) is 11.0 Å². The van der Waals surface area contributed by atoms with Crippen molar-refractivity contribution in [2.45, 2.75) is 40.3 Å². The van der Waals surface area contributed by atoms with Gasteiger partial charge in [-0.25, -0.2) is 4.98 Å². The number of methoxy groups -OCH3 is 1. The van der Waals surface area contributed by atoms with Gasteiger partial charge in [0.25, 0.3) is 5.91 Å². The Kier molecular flexibility index (Phi) is 7.83. The van der Waals surface area contributed by atoms with Crippen molar-refractivity contribution in [1.82, 2.24) is 19.3 Å². The van der Waals surface area contributed by atoms with Crippen LogP contribution in [0.1, 0.15) is 46.8 Å². The molecule has 0 unspecified atom stereocenters. The summed E-state index contributed by atoms with van der Waals surface area (Å²) in [5.41, 5.74) is 8.10. The van der Waals surface area contributed by atoms with Crippen LogP contribution in [0.4, 0.5) is 5.95 Å². The summed E-state index contributed by atoms with van der Waals surface area (Å²) in [6, 6.07) is 4.91. The third-order valence-corrected chi connectivity index (χ3v) is 4.99. The molecule has 1 aromatic carbocycles. The number of amides is 2. The first-order valence-electron chi connectivity index (χ1n) is 10.9. The van der Waals surface area contributed by atoms with Gasteiger partial charge in [-0.1, -0.05) is 19.1 Å². The van der Waals surface area contributed by atoms with Crippen LogP contribution in [-0.4, -0.2) is 51.5 Å². The number of imidazole rings is 1. The van der Waals surface area contributed by atoms with E-state index in [9.17, 15) is 9.59 Å². The Morgan fingerprint density at radius 1 is 1.18 bits per heavy atom. The molecule has 3 rings (SSSR count). The molecule has 0 radical (unpaired) electrons. The second-order valence-corrected chi connectivity index (χ2v) is 7.41. The van der Waals surface area contributed by atoms with Crippen molar-refractivity contribution in [3.05, 3.63) is 47.3 Å². The minimum atomic E-state index is -0.596. The monoisotopic (exact) mass is 454 g/mol. The fraction of sp³-hybridized carbons (Fsp3) is 0.391.